The van der Waals surface area contributed by atoms with E-state index in [0.29, 0.717) is 19.3 Å². The summed E-state index contributed by atoms with van der Waals surface area (Å²) in [6.07, 6.45) is 7.82. The summed E-state index contributed by atoms with van der Waals surface area (Å²) in [5, 5.41) is 45.0. The smallest absolute Gasteiger partial charge is 0.303 e. The van der Waals surface area contributed by atoms with E-state index in [1.54, 1.807) is 38.2 Å². The van der Waals surface area contributed by atoms with Crippen molar-refractivity contribution in [3.05, 3.63) is 36.0 Å². The average molecular weight is 538 g/mol. The largest absolute Gasteiger partial charge is 0.455 e. The van der Waals surface area contributed by atoms with Crippen LogP contribution in [0.5, 0.6) is 0 Å². The van der Waals surface area contributed by atoms with E-state index in [2.05, 4.69) is 5.32 Å². The molecule has 38 heavy (non-hydrogen) atoms. The first kappa shape index (κ1) is 32.2. The van der Waals surface area contributed by atoms with Crippen LogP contribution in [0.15, 0.2) is 36.0 Å². The second-order valence-electron chi connectivity index (χ2n) is 11.4. The normalized spacial score (nSPS) is 35.3. The van der Waals surface area contributed by atoms with Gasteiger partial charge in [0, 0.05) is 19.3 Å². The van der Waals surface area contributed by atoms with Crippen molar-refractivity contribution in [2.45, 2.75) is 128 Å². The molecule has 1 saturated heterocycles. The molecule has 2 aliphatic heterocycles. The summed E-state index contributed by atoms with van der Waals surface area (Å²) in [5.41, 5.74) is -1.70. The van der Waals surface area contributed by atoms with E-state index in [0.717, 1.165) is 5.57 Å². The highest BCUT2D eigenvalue weighted by atomic mass is 16.6. The van der Waals surface area contributed by atoms with Gasteiger partial charge in [0.05, 0.1) is 42.5 Å². The van der Waals surface area contributed by atoms with Crippen molar-refractivity contribution < 1.29 is 39.5 Å². The lowest BCUT2D eigenvalue weighted by molar-refractivity contribution is -0.156. The van der Waals surface area contributed by atoms with Gasteiger partial charge < -0.3 is 35.2 Å². The minimum absolute atomic E-state index is 0.00680. The molecule has 0 aromatic carbocycles. The standard InChI is InChI=1S/C29H47NO8/c1-7-23(33)19(3)27-24(38-27)17-28(5,35)14-9-10-18(2)22-11-8-12-25(37-20(4)31)29(6,36)15-13-21(32)16-26(34)30-22/h8-10,12,14,19,21-25,27,32-33,35-36H,7,11,13,15-17H2,1-6H3,(H,30,34)/b12-8+,14-9+,18-10+/t19-,21-,22+,23+,24+,25+,27-,28+,29-/m1/s1. The van der Waals surface area contributed by atoms with Crippen LogP contribution in [0, 0.1) is 5.92 Å². The van der Waals surface area contributed by atoms with E-state index in [1.165, 1.54) is 6.92 Å². The molecule has 9 nitrogen and oxygen atoms in total. The quantitative estimate of drug-likeness (QED) is 0.130. The van der Waals surface area contributed by atoms with Crippen LogP contribution in [0.1, 0.15) is 80.1 Å². The highest BCUT2D eigenvalue weighted by Gasteiger charge is 2.47. The third kappa shape index (κ3) is 10.3. The Labute approximate surface area is 226 Å². The Morgan fingerprint density at radius 1 is 1.39 bits per heavy atom. The molecule has 9 atom stereocenters. The molecule has 2 aliphatic rings. The molecule has 5 N–H and O–H groups in total. The Hall–Kier alpha value is -2.04. The van der Waals surface area contributed by atoms with Gasteiger partial charge in [0.25, 0.3) is 0 Å². The third-order valence-electron chi connectivity index (χ3n) is 7.47. The van der Waals surface area contributed by atoms with E-state index >= 15 is 0 Å². The maximum Gasteiger partial charge on any atom is 0.303 e. The summed E-state index contributed by atoms with van der Waals surface area (Å²) >= 11 is 0. The molecule has 0 aromatic heterocycles. The number of esters is 1. The van der Waals surface area contributed by atoms with Crippen molar-refractivity contribution in [2.75, 3.05) is 0 Å². The average Bonchev–Trinajstić information content (AvgIpc) is 3.57. The lowest BCUT2D eigenvalue weighted by atomic mass is 9.89. The molecule has 0 saturated carbocycles. The Morgan fingerprint density at radius 2 is 2.08 bits per heavy atom. The Morgan fingerprint density at radius 3 is 2.71 bits per heavy atom. The summed E-state index contributed by atoms with van der Waals surface area (Å²) < 4.78 is 11.0. The van der Waals surface area contributed by atoms with Gasteiger partial charge in [-0.2, -0.15) is 0 Å². The second-order valence-corrected chi connectivity index (χ2v) is 11.4. The maximum atomic E-state index is 12.6. The molecule has 1 amide bonds. The number of carbonyl (C=O) groups excluding carboxylic acids is 2. The van der Waals surface area contributed by atoms with E-state index in [4.69, 9.17) is 9.47 Å². The van der Waals surface area contributed by atoms with E-state index in [-0.39, 0.29) is 43.3 Å². The van der Waals surface area contributed by atoms with Crippen molar-refractivity contribution >= 4 is 11.9 Å². The van der Waals surface area contributed by atoms with Crippen molar-refractivity contribution in [2.24, 2.45) is 5.92 Å². The zero-order valence-corrected chi connectivity index (χ0v) is 23.6. The summed E-state index contributed by atoms with van der Waals surface area (Å²) in [6.45, 7) is 10.3. The monoisotopic (exact) mass is 537 g/mol. The molecule has 2 rings (SSSR count). The van der Waals surface area contributed by atoms with Gasteiger partial charge in [0.2, 0.25) is 5.91 Å². The molecule has 0 aromatic rings. The van der Waals surface area contributed by atoms with Crippen LogP contribution in [0.25, 0.3) is 0 Å². The molecule has 216 valence electrons. The molecule has 0 radical (unpaired) electrons. The molecular weight excluding hydrogens is 490 g/mol. The lowest BCUT2D eigenvalue weighted by Gasteiger charge is -2.31. The van der Waals surface area contributed by atoms with E-state index in [9.17, 15) is 30.0 Å². The summed E-state index contributed by atoms with van der Waals surface area (Å²) in [4.78, 5) is 24.2. The molecule has 1 fully saturated rings. The number of hydrogen-bond donors (Lipinski definition) is 5. The molecule has 0 unspecified atom stereocenters. The van der Waals surface area contributed by atoms with Gasteiger partial charge in [-0.05, 0) is 52.5 Å². The zero-order valence-electron chi connectivity index (χ0n) is 23.6. The number of rotatable bonds is 9. The van der Waals surface area contributed by atoms with E-state index < -0.39 is 41.5 Å². The number of aliphatic hydroxyl groups excluding tert-OH is 2. The summed E-state index contributed by atoms with van der Waals surface area (Å²) in [6, 6.07) is -0.407. The minimum Gasteiger partial charge on any atom is -0.455 e. The Balaban J connectivity index is 2.11. The van der Waals surface area contributed by atoms with Gasteiger partial charge in [-0.15, -0.1) is 0 Å². The van der Waals surface area contributed by atoms with Crippen LogP contribution in [0.4, 0.5) is 0 Å². The number of carbonyl (C=O) groups is 2. The highest BCUT2D eigenvalue weighted by molar-refractivity contribution is 5.77. The fraction of sp³-hybridized carbons (Fsp3) is 0.724. The van der Waals surface area contributed by atoms with Crippen LogP contribution in [0.3, 0.4) is 0 Å². The number of ether oxygens (including phenoxy) is 2. The Bertz CT molecular complexity index is 893. The number of hydrogen-bond acceptors (Lipinski definition) is 8. The van der Waals surface area contributed by atoms with Crippen LogP contribution >= 0.6 is 0 Å². The van der Waals surface area contributed by atoms with Gasteiger partial charge >= 0.3 is 5.97 Å². The topological polar surface area (TPSA) is 149 Å². The summed E-state index contributed by atoms with van der Waals surface area (Å²) in [7, 11) is 0. The van der Waals surface area contributed by atoms with Crippen molar-refractivity contribution in [3.63, 3.8) is 0 Å². The van der Waals surface area contributed by atoms with Crippen molar-refractivity contribution in [1.82, 2.24) is 5.32 Å². The number of epoxide rings is 1. The summed E-state index contributed by atoms with van der Waals surface area (Å²) in [5.74, 6) is -0.825. The van der Waals surface area contributed by atoms with Gasteiger partial charge in [-0.1, -0.05) is 43.7 Å². The predicted molar refractivity (Wildman–Crippen MR) is 144 cm³/mol. The predicted octanol–water partition coefficient (Wildman–Crippen LogP) is 2.46. The third-order valence-corrected chi connectivity index (χ3v) is 7.47. The van der Waals surface area contributed by atoms with Gasteiger partial charge in [0.15, 0.2) is 0 Å². The number of aliphatic hydroxyl groups is 4. The second kappa shape index (κ2) is 13.8. The Kier molecular flexibility index (Phi) is 11.7. The van der Waals surface area contributed by atoms with Crippen molar-refractivity contribution in [1.29, 1.82) is 0 Å². The SMILES string of the molecule is CC[C@H](O)[C@@H](C)[C@H]1O[C@H]1C[C@@](C)(O)/C=C/C=C(\C)[C@@H]1C/C=C/[C@H](OC(C)=O)[C@](C)(O)CC[C@@H](O)CC(=O)N1. The fourth-order valence-corrected chi connectivity index (χ4v) is 4.79. The molecule has 0 aliphatic carbocycles. The van der Waals surface area contributed by atoms with Crippen LogP contribution in [0.2, 0.25) is 0 Å². The molecule has 0 bridgehead atoms. The van der Waals surface area contributed by atoms with Gasteiger partial charge in [0.1, 0.15) is 11.7 Å². The van der Waals surface area contributed by atoms with Gasteiger partial charge in [-0.25, -0.2) is 0 Å². The first-order valence-corrected chi connectivity index (χ1v) is 13.6. The minimum atomic E-state index is -1.40. The van der Waals surface area contributed by atoms with Crippen molar-refractivity contribution in [3.8, 4) is 0 Å². The molecule has 2 heterocycles. The first-order chi connectivity index (χ1) is 17.6. The van der Waals surface area contributed by atoms with E-state index in [1.807, 2.05) is 26.8 Å². The van der Waals surface area contributed by atoms with Gasteiger partial charge in [-0.3, -0.25) is 9.59 Å². The molecule has 0 spiro atoms. The maximum absolute atomic E-state index is 12.6. The van der Waals surface area contributed by atoms with Crippen LogP contribution in [-0.2, 0) is 19.1 Å². The number of allylic oxidation sites excluding steroid dienone is 2. The zero-order chi connectivity index (χ0) is 28.7. The highest BCUT2D eigenvalue weighted by Crippen LogP contribution is 2.37. The number of amides is 1. The van der Waals surface area contributed by atoms with Crippen LogP contribution in [-0.4, -0.2) is 80.1 Å². The molecule has 9 heteroatoms. The molecular formula is C29H47NO8. The number of nitrogens with one attached hydrogen (secondary N) is 1. The first-order valence-electron chi connectivity index (χ1n) is 13.6. The lowest BCUT2D eigenvalue weighted by Crippen LogP contribution is -2.43. The fourth-order valence-electron chi connectivity index (χ4n) is 4.79. The van der Waals surface area contributed by atoms with Crippen LogP contribution < -0.4 is 5.32 Å².